The molecular formula is C19H29NO2. The monoisotopic (exact) mass is 303 g/mol. The van der Waals surface area contributed by atoms with E-state index in [1.54, 1.807) is 0 Å². The van der Waals surface area contributed by atoms with Gasteiger partial charge in [-0.25, -0.2) is 0 Å². The number of nitrogens with zero attached hydrogens (tertiary/aromatic N) is 1. The minimum atomic E-state index is -0.0809. The second kappa shape index (κ2) is 4.83. The molecule has 4 aliphatic rings. The van der Waals surface area contributed by atoms with E-state index in [2.05, 4.69) is 25.1 Å². The summed E-state index contributed by atoms with van der Waals surface area (Å²) in [6.45, 7) is 4.80. The van der Waals surface area contributed by atoms with E-state index in [1.165, 1.54) is 31.3 Å². The highest BCUT2D eigenvalue weighted by Gasteiger charge is 2.58. The fraction of sp³-hybridized carbons (Fsp3) is 0.842. The van der Waals surface area contributed by atoms with Gasteiger partial charge in [-0.2, -0.15) is 0 Å². The summed E-state index contributed by atoms with van der Waals surface area (Å²) in [5.74, 6) is 2.26. The first kappa shape index (κ1) is 14.7. The van der Waals surface area contributed by atoms with E-state index < -0.39 is 0 Å². The van der Waals surface area contributed by atoms with Crippen LogP contribution in [0.4, 0.5) is 0 Å². The van der Waals surface area contributed by atoms with Crippen molar-refractivity contribution in [1.82, 2.24) is 0 Å². The van der Waals surface area contributed by atoms with Crippen molar-refractivity contribution in [2.24, 2.45) is 33.7 Å². The van der Waals surface area contributed by atoms with Gasteiger partial charge in [-0.15, -0.1) is 0 Å². The quantitative estimate of drug-likeness (QED) is 0.522. The summed E-state index contributed by atoms with van der Waals surface area (Å²) in [5.41, 5.74) is 2.86. The van der Waals surface area contributed by atoms with Crippen molar-refractivity contribution in [2.75, 3.05) is 0 Å². The SMILES string of the molecule is C[C@]12CC[C@H]3[C@@H](CCC4=C/C(=N\O)CC[C@@]43C)[C@@H]1CC[C@@H]2O. The van der Waals surface area contributed by atoms with Gasteiger partial charge in [0.25, 0.3) is 0 Å². The molecule has 0 saturated heterocycles. The summed E-state index contributed by atoms with van der Waals surface area (Å²) >= 11 is 0. The van der Waals surface area contributed by atoms with E-state index in [-0.39, 0.29) is 11.5 Å². The van der Waals surface area contributed by atoms with Crippen molar-refractivity contribution in [3.05, 3.63) is 11.6 Å². The highest BCUT2D eigenvalue weighted by molar-refractivity contribution is 5.96. The molecule has 3 fully saturated rings. The summed E-state index contributed by atoms with van der Waals surface area (Å²) < 4.78 is 0. The van der Waals surface area contributed by atoms with Gasteiger partial charge in [0.2, 0.25) is 0 Å². The van der Waals surface area contributed by atoms with Gasteiger partial charge in [0.15, 0.2) is 0 Å². The van der Waals surface area contributed by atoms with Crippen LogP contribution in [0.2, 0.25) is 0 Å². The van der Waals surface area contributed by atoms with Crippen LogP contribution in [-0.2, 0) is 0 Å². The number of fused-ring (bicyclic) bond motifs is 5. The van der Waals surface area contributed by atoms with Crippen molar-refractivity contribution in [3.8, 4) is 0 Å². The lowest BCUT2D eigenvalue weighted by atomic mass is 9.47. The summed E-state index contributed by atoms with van der Waals surface area (Å²) in [6.07, 6.45) is 11.2. The Balaban J connectivity index is 1.68. The molecular weight excluding hydrogens is 274 g/mol. The average molecular weight is 303 g/mol. The van der Waals surface area contributed by atoms with Crippen molar-refractivity contribution in [2.45, 2.75) is 71.3 Å². The molecule has 4 aliphatic carbocycles. The molecule has 0 spiro atoms. The predicted octanol–water partition coefficient (Wildman–Crippen LogP) is 4.14. The topological polar surface area (TPSA) is 52.8 Å². The summed E-state index contributed by atoms with van der Waals surface area (Å²) in [4.78, 5) is 0. The maximum atomic E-state index is 10.5. The van der Waals surface area contributed by atoms with Crippen LogP contribution < -0.4 is 0 Å². The average Bonchev–Trinajstić information content (AvgIpc) is 2.82. The van der Waals surface area contributed by atoms with Crippen molar-refractivity contribution in [1.29, 1.82) is 0 Å². The molecule has 2 N–H and O–H groups in total. The van der Waals surface area contributed by atoms with Gasteiger partial charge >= 0.3 is 0 Å². The van der Waals surface area contributed by atoms with Crippen LogP contribution in [-0.4, -0.2) is 22.1 Å². The Labute approximate surface area is 133 Å². The first-order chi connectivity index (χ1) is 10.5. The Hall–Kier alpha value is -0.830. The second-order valence-corrected chi connectivity index (χ2v) is 8.73. The van der Waals surface area contributed by atoms with E-state index in [1.807, 2.05) is 0 Å². The molecule has 0 amide bonds. The minimum absolute atomic E-state index is 0.0809. The largest absolute Gasteiger partial charge is 0.411 e. The molecule has 3 nitrogen and oxygen atoms in total. The molecule has 22 heavy (non-hydrogen) atoms. The second-order valence-electron chi connectivity index (χ2n) is 8.73. The molecule has 0 bridgehead atoms. The number of rotatable bonds is 0. The van der Waals surface area contributed by atoms with E-state index in [0.29, 0.717) is 11.3 Å². The zero-order chi connectivity index (χ0) is 15.5. The normalized spacial score (nSPS) is 52.7. The Morgan fingerprint density at radius 3 is 2.64 bits per heavy atom. The highest BCUT2D eigenvalue weighted by atomic mass is 16.4. The van der Waals surface area contributed by atoms with Gasteiger partial charge < -0.3 is 10.3 Å². The van der Waals surface area contributed by atoms with Gasteiger partial charge in [-0.05, 0) is 86.0 Å². The molecule has 0 unspecified atom stereocenters. The molecule has 0 aromatic rings. The third-order valence-electron chi connectivity index (χ3n) is 8.06. The lowest BCUT2D eigenvalue weighted by Crippen LogP contribution is -2.51. The van der Waals surface area contributed by atoms with Crippen molar-refractivity contribution in [3.63, 3.8) is 0 Å². The lowest BCUT2D eigenvalue weighted by Gasteiger charge is -2.57. The molecule has 0 aromatic heterocycles. The zero-order valence-corrected chi connectivity index (χ0v) is 13.9. The van der Waals surface area contributed by atoms with Crippen LogP contribution in [0.3, 0.4) is 0 Å². The Kier molecular flexibility index (Phi) is 3.24. The fourth-order valence-electron chi connectivity index (χ4n) is 6.62. The van der Waals surface area contributed by atoms with Gasteiger partial charge in [-0.1, -0.05) is 24.6 Å². The maximum absolute atomic E-state index is 10.5. The first-order valence-corrected chi connectivity index (χ1v) is 9.09. The zero-order valence-electron chi connectivity index (χ0n) is 13.9. The molecule has 0 aliphatic heterocycles. The summed E-state index contributed by atoms with van der Waals surface area (Å²) in [6, 6.07) is 0. The number of hydrogen-bond acceptors (Lipinski definition) is 3. The van der Waals surface area contributed by atoms with E-state index in [9.17, 15) is 5.11 Å². The minimum Gasteiger partial charge on any atom is -0.411 e. The summed E-state index contributed by atoms with van der Waals surface area (Å²) in [7, 11) is 0. The van der Waals surface area contributed by atoms with Crippen LogP contribution >= 0.6 is 0 Å². The van der Waals surface area contributed by atoms with E-state index in [4.69, 9.17) is 5.21 Å². The van der Waals surface area contributed by atoms with Crippen molar-refractivity contribution < 1.29 is 10.3 Å². The molecule has 3 heteroatoms. The Bertz CT molecular complexity index is 540. The van der Waals surface area contributed by atoms with Crippen LogP contribution in [0, 0.1) is 28.6 Å². The smallest absolute Gasteiger partial charge is 0.0795 e. The van der Waals surface area contributed by atoms with Crippen LogP contribution in [0.1, 0.15) is 65.2 Å². The Morgan fingerprint density at radius 2 is 1.86 bits per heavy atom. The first-order valence-electron chi connectivity index (χ1n) is 9.09. The standard InChI is InChI=1S/C19H29NO2/c1-18-9-7-13(20-22)11-12(18)3-4-14-15-5-6-17(21)19(15,2)10-8-16(14)18/h11,14-17,21-22H,3-10H2,1-2H3/b20-13-/t14-,15-,16-,17-,18-,19-/m0/s1. The number of hydrogen-bond donors (Lipinski definition) is 2. The molecule has 0 heterocycles. The summed E-state index contributed by atoms with van der Waals surface area (Å²) in [5, 5.41) is 23.0. The molecule has 3 saturated carbocycles. The maximum Gasteiger partial charge on any atom is 0.0795 e. The van der Waals surface area contributed by atoms with Gasteiger partial charge in [0.1, 0.15) is 0 Å². The Morgan fingerprint density at radius 1 is 1.05 bits per heavy atom. The number of aliphatic hydroxyl groups is 1. The van der Waals surface area contributed by atoms with Gasteiger partial charge in [-0.3, -0.25) is 0 Å². The van der Waals surface area contributed by atoms with Crippen LogP contribution in [0.25, 0.3) is 0 Å². The third kappa shape index (κ3) is 1.81. The highest BCUT2D eigenvalue weighted by Crippen LogP contribution is 2.65. The van der Waals surface area contributed by atoms with Crippen LogP contribution in [0.15, 0.2) is 16.8 Å². The third-order valence-corrected chi connectivity index (χ3v) is 8.06. The van der Waals surface area contributed by atoms with Crippen LogP contribution in [0.5, 0.6) is 0 Å². The molecule has 4 rings (SSSR count). The molecule has 0 radical (unpaired) electrons. The fourth-order valence-corrected chi connectivity index (χ4v) is 6.62. The predicted molar refractivity (Wildman–Crippen MR) is 86.9 cm³/mol. The van der Waals surface area contributed by atoms with E-state index in [0.717, 1.165) is 43.2 Å². The molecule has 122 valence electrons. The number of aliphatic hydroxyl groups excluding tert-OH is 1. The molecule has 6 atom stereocenters. The van der Waals surface area contributed by atoms with Gasteiger partial charge in [0, 0.05) is 0 Å². The van der Waals surface area contributed by atoms with Crippen molar-refractivity contribution >= 4 is 5.71 Å². The van der Waals surface area contributed by atoms with E-state index >= 15 is 0 Å². The number of allylic oxidation sites excluding steroid dienone is 2. The van der Waals surface area contributed by atoms with Gasteiger partial charge in [0.05, 0.1) is 11.8 Å². The lowest BCUT2D eigenvalue weighted by molar-refractivity contribution is -0.0722. The molecule has 0 aromatic carbocycles. The number of oxime groups is 1.